The molecule has 1 aliphatic heterocycles. The lowest BCUT2D eigenvalue weighted by Gasteiger charge is -2.21. The first-order valence-corrected chi connectivity index (χ1v) is 13.4. The topological polar surface area (TPSA) is 46.6 Å². The Bertz CT molecular complexity index is 1120. The molecule has 0 radical (unpaired) electrons. The van der Waals surface area contributed by atoms with Crippen LogP contribution in [0.3, 0.4) is 0 Å². The van der Waals surface area contributed by atoms with Gasteiger partial charge in [0.15, 0.2) is 0 Å². The van der Waals surface area contributed by atoms with Crippen LogP contribution in [-0.4, -0.2) is 38.9 Å². The number of aromatic nitrogens is 1. The minimum Gasteiger partial charge on any atom is -0.491 e. The predicted molar refractivity (Wildman–Crippen MR) is 152 cm³/mol. The standard InChI is InChI=1S/C27H33N3O2S.C2H6/c1-5-6-13-33-27-8-7-21(14-19(27)2)29-23-9-11-28-24-16-26(25(30(3)4)15-22(23)24)32-18-20-10-12-31-17-20;1-2/h6-9,11,13-16,20H,5,10,12,17-18H2,1-4H3,(H,28,29);1-2H3/b13-6+;. The van der Waals surface area contributed by atoms with Crippen LogP contribution in [0.15, 0.2) is 59.0 Å². The van der Waals surface area contributed by atoms with Gasteiger partial charge in [-0.25, -0.2) is 0 Å². The molecule has 2 heterocycles. The summed E-state index contributed by atoms with van der Waals surface area (Å²) in [6.45, 7) is 10.6. The maximum absolute atomic E-state index is 6.23. The molecule has 3 aromatic rings. The van der Waals surface area contributed by atoms with Gasteiger partial charge in [-0.1, -0.05) is 38.6 Å². The smallest absolute Gasteiger partial charge is 0.144 e. The van der Waals surface area contributed by atoms with Gasteiger partial charge in [-0.2, -0.15) is 0 Å². The summed E-state index contributed by atoms with van der Waals surface area (Å²) in [5.41, 5.74) is 5.31. The molecule has 0 amide bonds. The first-order valence-electron chi connectivity index (χ1n) is 12.5. The van der Waals surface area contributed by atoms with Crippen molar-refractivity contribution < 1.29 is 9.47 Å². The summed E-state index contributed by atoms with van der Waals surface area (Å²) in [7, 11) is 4.09. The Hall–Kier alpha value is -2.70. The number of nitrogens with one attached hydrogen (secondary N) is 1. The normalized spacial score (nSPS) is 15.2. The lowest BCUT2D eigenvalue weighted by atomic mass is 10.1. The van der Waals surface area contributed by atoms with E-state index in [0.717, 1.165) is 59.8 Å². The highest BCUT2D eigenvalue weighted by Crippen LogP contribution is 2.36. The van der Waals surface area contributed by atoms with Crippen molar-refractivity contribution in [3.8, 4) is 5.75 Å². The molecule has 0 bridgehead atoms. The van der Waals surface area contributed by atoms with Gasteiger partial charge in [-0.15, -0.1) is 0 Å². The molecular formula is C29H39N3O2S. The van der Waals surface area contributed by atoms with Crippen molar-refractivity contribution in [1.82, 2.24) is 4.98 Å². The first kappa shape index (κ1) is 26.9. The number of hydrogen-bond donors (Lipinski definition) is 1. The molecule has 6 heteroatoms. The number of allylic oxidation sites excluding steroid dienone is 1. The average molecular weight is 494 g/mol. The minimum atomic E-state index is 0.457. The molecule has 1 saturated heterocycles. The molecule has 0 aliphatic carbocycles. The Balaban J connectivity index is 0.00000167. The molecule has 2 aromatic carbocycles. The number of benzene rings is 2. The fourth-order valence-corrected chi connectivity index (χ4v) is 4.72. The van der Waals surface area contributed by atoms with Gasteiger partial charge in [0.2, 0.25) is 0 Å². The molecular weight excluding hydrogens is 454 g/mol. The minimum absolute atomic E-state index is 0.457. The van der Waals surface area contributed by atoms with Crippen molar-refractivity contribution in [2.24, 2.45) is 5.92 Å². The zero-order valence-electron chi connectivity index (χ0n) is 21.9. The van der Waals surface area contributed by atoms with Crippen LogP contribution in [0.2, 0.25) is 0 Å². The summed E-state index contributed by atoms with van der Waals surface area (Å²) < 4.78 is 11.7. The summed E-state index contributed by atoms with van der Waals surface area (Å²) in [6.07, 6.45) is 6.14. The zero-order chi connectivity index (χ0) is 25.2. The number of thioether (sulfide) groups is 1. The van der Waals surface area contributed by atoms with E-state index in [1.807, 2.05) is 40.2 Å². The Morgan fingerprint density at radius 3 is 2.71 bits per heavy atom. The van der Waals surface area contributed by atoms with Crippen molar-refractivity contribution in [2.75, 3.05) is 44.1 Å². The quantitative estimate of drug-likeness (QED) is 0.307. The summed E-state index contributed by atoms with van der Waals surface area (Å²) in [4.78, 5) is 7.99. The second-order valence-electron chi connectivity index (χ2n) is 8.63. The number of aryl methyl sites for hydroxylation is 1. The summed E-state index contributed by atoms with van der Waals surface area (Å²) in [5, 5.41) is 6.83. The van der Waals surface area contributed by atoms with Gasteiger partial charge in [-0.05, 0) is 61.1 Å². The Morgan fingerprint density at radius 1 is 1.20 bits per heavy atom. The van der Waals surface area contributed by atoms with Crippen LogP contribution < -0.4 is 15.0 Å². The van der Waals surface area contributed by atoms with Gasteiger partial charge in [-0.3, -0.25) is 4.98 Å². The Morgan fingerprint density at radius 2 is 2.03 bits per heavy atom. The molecule has 5 nitrogen and oxygen atoms in total. The Kier molecular flexibility index (Phi) is 10.3. The van der Waals surface area contributed by atoms with Gasteiger partial charge in [0.25, 0.3) is 0 Å². The molecule has 1 aromatic heterocycles. The molecule has 188 valence electrons. The summed E-state index contributed by atoms with van der Waals surface area (Å²) in [5.74, 6) is 1.32. The number of rotatable bonds is 9. The number of anilines is 3. The highest BCUT2D eigenvalue weighted by molar-refractivity contribution is 8.02. The van der Waals surface area contributed by atoms with Crippen LogP contribution >= 0.6 is 11.8 Å². The lowest BCUT2D eigenvalue weighted by Crippen LogP contribution is -2.15. The van der Waals surface area contributed by atoms with E-state index >= 15 is 0 Å². The summed E-state index contributed by atoms with van der Waals surface area (Å²) >= 11 is 1.76. The molecule has 0 saturated carbocycles. The van der Waals surface area contributed by atoms with Gasteiger partial charge in [0.1, 0.15) is 5.75 Å². The van der Waals surface area contributed by atoms with E-state index in [9.17, 15) is 0 Å². The van der Waals surface area contributed by atoms with Crippen LogP contribution in [0.5, 0.6) is 5.75 Å². The predicted octanol–water partition coefficient (Wildman–Crippen LogP) is 7.81. The summed E-state index contributed by atoms with van der Waals surface area (Å²) in [6, 6.07) is 12.8. The van der Waals surface area contributed by atoms with E-state index in [-0.39, 0.29) is 0 Å². The Labute approximate surface area is 214 Å². The van der Waals surface area contributed by atoms with Gasteiger partial charge < -0.3 is 19.7 Å². The van der Waals surface area contributed by atoms with E-state index in [0.29, 0.717) is 12.5 Å². The number of pyridine rings is 1. The monoisotopic (exact) mass is 493 g/mol. The highest BCUT2D eigenvalue weighted by atomic mass is 32.2. The van der Waals surface area contributed by atoms with Crippen LogP contribution in [0.4, 0.5) is 17.1 Å². The number of hydrogen-bond acceptors (Lipinski definition) is 6. The van der Waals surface area contributed by atoms with Crippen LogP contribution in [0.25, 0.3) is 10.9 Å². The molecule has 0 spiro atoms. The second-order valence-corrected chi connectivity index (χ2v) is 9.58. The molecule has 1 fully saturated rings. The largest absolute Gasteiger partial charge is 0.491 e. The van der Waals surface area contributed by atoms with E-state index in [4.69, 9.17) is 9.47 Å². The maximum atomic E-state index is 6.23. The fourth-order valence-electron chi connectivity index (χ4n) is 3.89. The molecule has 1 atom stereocenters. The molecule has 1 unspecified atom stereocenters. The molecule has 1 aliphatic rings. The number of nitrogens with zero attached hydrogens (tertiary/aromatic N) is 2. The van der Waals surface area contributed by atoms with Crippen molar-refractivity contribution >= 4 is 39.7 Å². The van der Waals surface area contributed by atoms with Crippen LogP contribution in [0, 0.1) is 12.8 Å². The lowest BCUT2D eigenvalue weighted by molar-refractivity contribution is 0.167. The third-order valence-corrected chi connectivity index (χ3v) is 6.82. The van der Waals surface area contributed by atoms with E-state index < -0.39 is 0 Å². The highest BCUT2D eigenvalue weighted by Gasteiger charge is 2.18. The molecule has 4 rings (SSSR count). The van der Waals surface area contributed by atoms with Crippen LogP contribution in [-0.2, 0) is 4.74 Å². The van der Waals surface area contributed by atoms with Crippen molar-refractivity contribution in [3.05, 3.63) is 59.6 Å². The number of fused-ring (bicyclic) bond motifs is 1. The van der Waals surface area contributed by atoms with E-state index in [1.165, 1.54) is 10.5 Å². The van der Waals surface area contributed by atoms with Crippen molar-refractivity contribution in [1.29, 1.82) is 0 Å². The average Bonchev–Trinajstić information content (AvgIpc) is 3.39. The zero-order valence-corrected chi connectivity index (χ0v) is 22.7. The van der Waals surface area contributed by atoms with Gasteiger partial charge >= 0.3 is 0 Å². The van der Waals surface area contributed by atoms with Gasteiger partial charge in [0.05, 0.1) is 24.4 Å². The fraction of sp³-hybridized carbons (Fsp3) is 0.414. The SMILES string of the molecule is CC.CC/C=C/Sc1ccc(Nc2ccnc3cc(OCC4CCOC4)c(N(C)C)cc23)cc1C. The molecule has 35 heavy (non-hydrogen) atoms. The van der Waals surface area contributed by atoms with Crippen molar-refractivity contribution in [2.45, 2.75) is 45.4 Å². The molecule has 1 N–H and O–H groups in total. The maximum Gasteiger partial charge on any atom is 0.144 e. The van der Waals surface area contributed by atoms with Crippen LogP contribution in [0.1, 0.15) is 39.2 Å². The van der Waals surface area contributed by atoms with E-state index in [1.54, 1.807) is 11.8 Å². The third-order valence-electron chi connectivity index (χ3n) is 5.78. The third kappa shape index (κ3) is 7.15. The second kappa shape index (κ2) is 13.4. The van der Waals surface area contributed by atoms with Crippen molar-refractivity contribution in [3.63, 3.8) is 0 Å². The van der Waals surface area contributed by atoms with E-state index in [2.05, 4.69) is 70.9 Å². The first-order chi connectivity index (χ1) is 17.0. The van der Waals surface area contributed by atoms with Gasteiger partial charge in [0, 0.05) is 60.5 Å². The number of ether oxygens (including phenoxy) is 2.